The van der Waals surface area contributed by atoms with Crippen LogP contribution < -0.4 is 5.32 Å². The van der Waals surface area contributed by atoms with Crippen molar-refractivity contribution in [3.63, 3.8) is 0 Å². The van der Waals surface area contributed by atoms with Crippen LogP contribution in [-0.4, -0.2) is 29.2 Å². The average molecular weight is 267 g/mol. The van der Waals surface area contributed by atoms with Gasteiger partial charge in [-0.2, -0.15) is 0 Å². The van der Waals surface area contributed by atoms with Gasteiger partial charge in [-0.25, -0.2) is 9.18 Å². The first-order valence-electron chi connectivity index (χ1n) is 5.92. The maximum Gasteiger partial charge on any atom is 0.332 e. The quantitative estimate of drug-likeness (QED) is 0.874. The highest BCUT2D eigenvalue weighted by atomic mass is 19.1. The average Bonchev–Trinajstić information content (AvgIpc) is 2.83. The number of aryl methyl sites for hydroxylation is 1. The van der Waals surface area contributed by atoms with Crippen LogP contribution in [-0.2, 0) is 14.3 Å². The molecular weight excluding hydrogens is 253 g/mol. The third-order valence-electron chi connectivity index (χ3n) is 3.03. The molecule has 6 heteroatoms. The minimum absolute atomic E-state index is 0.301. The molecule has 102 valence electrons. The van der Waals surface area contributed by atoms with Crippen molar-refractivity contribution in [3.05, 3.63) is 29.6 Å². The van der Waals surface area contributed by atoms with Crippen LogP contribution in [0.4, 0.5) is 10.1 Å². The highest BCUT2D eigenvalue weighted by molar-refractivity contribution is 5.94. The van der Waals surface area contributed by atoms with E-state index < -0.39 is 29.9 Å². The molecule has 5 nitrogen and oxygen atoms in total. The molecule has 1 aromatic rings. The Balaban J connectivity index is 1.98. The molecule has 1 aromatic carbocycles. The molecule has 1 amide bonds. The SMILES string of the molecule is Cc1ccc(NC(=O)C2CCC(C(=O)O)O2)cc1F. The van der Waals surface area contributed by atoms with Gasteiger partial charge in [0, 0.05) is 5.69 Å². The molecule has 0 radical (unpaired) electrons. The molecule has 0 saturated carbocycles. The van der Waals surface area contributed by atoms with Crippen LogP contribution in [0.5, 0.6) is 0 Å². The largest absolute Gasteiger partial charge is 0.479 e. The summed E-state index contributed by atoms with van der Waals surface area (Å²) in [5.74, 6) is -1.93. The molecule has 1 aliphatic rings. The molecule has 2 rings (SSSR count). The summed E-state index contributed by atoms with van der Waals surface area (Å²) in [5.41, 5.74) is 0.816. The molecule has 1 heterocycles. The first-order chi connectivity index (χ1) is 8.97. The van der Waals surface area contributed by atoms with Gasteiger partial charge >= 0.3 is 5.97 Å². The van der Waals surface area contributed by atoms with Crippen molar-refractivity contribution < 1.29 is 23.8 Å². The Labute approximate surface area is 109 Å². The maximum atomic E-state index is 13.3. The van der Waals surface area contributed by atoms with Crippen molar-refractivity contribution in [1.29, 1.82) is 0 Å². The summed E-state index contributed by atoms with van der Waals surface area (Å²) in [6.45, 7) is 1.62. The summed E-state index contributed by atoms with van der Waals surface area (Å²) in [4.78, 5) is 22.5. The van der Waals surface area contributed by atoms with Crippen molar-refractivity contribution in [2.24, 2.45) is 0 Å². The Hall–Kier alpha value is -1.95. The third-order valence-corrected chi connectivity index (χ3v) is 3.03. The molecule has 1 saturated heterocycles. The van der Waals surface area contributed by atoms with Gasteiger partial charge in [0.2, 0.25) is 0 Å². The lowest BCUT2D eigenvalue weighted by atomic mass is 10.1. The van der Waals surface area contributed by atoms with Crippen LogP contribution in [0.2, 0.25) is 0 Å². The molecule has 19 heavy (non-hydrogen) atoms. The summed E-state index contributed by atoms with van der Waals surface area (Å²) < 4.78 is 18.4. The van der Waals surface area contributed by atoms with Crippen molar-refractivity contribution in [1.82, 2.24) is 0 Å². The van der Waals surface area contributed by atoms with Gasteiger partial charge < -0.3 is 15.2 Å². The molecule has 0 aliphatic carbocycles. The number of benzene rings is 1. The van der Waals surface area contributed by atoms with Crippen LogP contribution >= 0.6 is 0 Å². The van der Waals surface area contributed by atoms with E-state index in [-0.39, 0.29) is 0 Å². The molecule has 0 aromatic heterocycles. The van der Waals surface area contributed by atoms with Gasteiger partial charge in [-0.1, -0.05) is 6.07 Å². The van der Waals surface area contributed by atoms with Gasteiger partial charge in [-0.3, -0.25) is 4.79 Å². The number of carbonyl (C=O) groups excluding carboxylic acids is 1. The van der Waals surface area contributed by atoms with E-state index in [0.29, 0.717) is 24.1 Å². The number of hydrogen-bond acceptors (Lipinski definition) is 3. The third kappa shape index (κ3) is 3.08. The first-order valence-corrected chi connectivity index (χ1v) is 5.92. The maximum absolute atomic E-state index is 13.3. The van der Waals surface area contributed by atoms with Crippen molar-refractivity contribution in [2.45, 2.75) is 32.0 Å². The number of halogens is 1. The Morgan fingerprint density at radius 2 is 2.05 bits per heavy atom. The van der Waals surface area contributed by atoms with Gasteiger partial charge in [0.1, 0.15) is 11.9 Å². The van der Waals surface area contributed by atoms with Crippen molar-refractivity contribution in [3.8, 4) is 0 Å². The number of carboxylic acids is 1. The summed E-state index contributed by atoms with van der Waals surface area (Å²) in [6, 6.07) is 4.36. The van der Waals surface area contributed by atoms with E-state index in [2.05, 4.69) is 5.32 Å². The van der Waals surface area contributed by atoms with Gasteiger partial charge in [-0.05, 0) is 37.5 Å². The van der Waals surface area contributed by atoms with Gasteiger partial charge in [0.15, 0.2) is 6.10 Å². The Kier molecular flexibility index (Phi) is 3.80. The fourth-order valence-corrected chi connectivity index (χ4v) is 1.91. The summed E-state index contributed by atoms with van der Waals surface area (Å²) >= 11 is 0. The van der Waals surface area contributed by atoms with E-state index in [4.69, 9.17) is 9.84 Å². The number of carbonyl (C=O) groups is 2. The number of amides is 1. The number of ether oxygens (including phenoxy) is 1. The van der Waals surface area contributed by atoms with E-state index in [1.807, 2.05) is 0 Å². The molecule has 1 aliphatic heterocycles. The predicted molar refractivity (Wildman–Crippen MR) is 65.3 cm³/mol. The zero-order valence-corrected chi connectivity index (χ0v) is 10.4. The van der Waals surface area contributed by atoms with Gasteiger partial charge in [0.05, 0.1) is 0 Å². The Bertz CT molecular complexity index is 517. The lowest BCUT2D eigenvalue weighted by Crippen LogP contribution is -2.29. The monoisotopic (exact) mass is 267 g/mol. The van der Waals surface area contributed by atoms with Gasteiger partial charge in [0.25, 0.3) is 5.91 Å². The predicted octanol–water partition coefficient (Wildman–Crippen LogP) is 1.70. The second kappa shape index (κ2) is 5.36. The molecule has 0 spiro atoms. The van der Waals surface area contributed by atoms with Crippen LogP contribution in [0.3, 0.4) is 0 Å². The number of hydrogen-bond donors (Lipinski definition) is 2. The number of aliphatic carboxylic acids is 1. The second-order valence-corrected chi connectivity index (χ2v) is 4.48. The normalized spacial score (nSPS) is 22.2. The molecule has 1 fully saturated rings. The number of nitrogens with one attached hydrogen (secondary N) is 1. The standard InChI is InChI=1S/C13H14FNO4/c1-7-2-3-8(6-9(7)14)15-12(16)10-4-5-11(19-10)13(17)18/h2-3,6,10-11H,4-5H2,1H3,(H,15,16)(H,17,18). The van der Waals surface area contributed by atoms with E-state index in [9.17, 15) is 14.0 Å². The van der Waals surface area contributed by atoms with Crippen molar-refractivity contribution >= 4 is 17.6 Å². The number of carboxylic acid groups (broad SMARTS) is 1. The molecule has 2 N–H and O–H groups in total. The number of rotatable bonds is 3. The summed E-state index contributed by atoms with van der Waals surface area (Å²) in [6.07, 6.45) is -1.09. The van der Waals surface area contributed by atoms with Crippen LogP contribution in [0.25, 0.3) is 0 Å². The lowest BCUT2D eigenvalue weighted by Gasteiger charge is -2.12. The fraction of sp³-hybridized carbons (Fsp3) is 0.385. The van der Waals surface area contributed by atoms with Crippen LogP contribution in [0.1, 0.15) is 18.4 Å². The van der Waals surface area contributed by atoms with Crippen LogP contribution in [0.15, 0.2) is 18.2 Å². The molecule has 0 bridgehead atoms. The zero-order valence-electron chi connectivity index (χ0n) is 10.4. The van der Waals surface area contributed by atoms with E-state index in [1.54, 1.807) is 19.1 Å². The van der Waals surface area contributed by atoms with E-state index >= 15 is 0 Å². The highest BCUT2D eigenvalue weighted by Gasteiger charge is 2.34. The molecular formula is C13H14FNO4. The Morgan fingerprint density at radius 1 is 1.37 bits per heavy atom. The number of anilines is 1. The lowest BCUT2D eigenvalue weighted by molar-refractivity contribution is -0.150. The molecule has 2 unspecified atom stereocenters. The smallest absolute Gasteiger partial charge is 0.332 e. The summed E-state index contributed by atoms with van der Waals surface area (Å²) in [5, 5.41) is 11.3. The second-order valence-electron chi connectivity index (χ2n) is 4.48. The topological polar surface area (TPSA) is 75.6 Å². The fourth-order valence-electron chi connectivity index (χ4n) is 1.91. The van der Waals surface area contributed by atoms with Gasteiger partial charge in [-0.15, -0.1) is 0 Å². The zero-order chi connectivity index (χ0) is 14.0. The van der Waals surface area contributed by atoms with E-state index in [0.717, 1.165) is 0 Å². The van der Waals surface area contributed by atoms with Crippen molar-refractivity contribution in [2.75, 3.05) is 5.32 Å². The molecule has 2 atom stereocenters. The summed E-state index contributed by atoms with van der Waals surface area (Å²) in [7, 11) is 0. The van der Waals surface area contributed by atoms with E-state index in [1.165, 1.54) is 6.07 Å². The highest BCUT2D eigenvalue weighted by Crippen LogP contribution is 2.22. The van der Waals surface area contributed by atoms with Crippen LogP contribution in [0, 0.1) is 12.7 Å². The Morgan fingerprint density at radius 3 is 2.63 bits per heavy atom. The minimum atomic E-state index is -1.07. The minimum Gasteiger partial charge on any atom is -0.479 e. The first kappa shape index (κ1) is 13.5.